The molecule has 6 heteroatoms. The summed E-state index contributed by atoms with van der Waals surface area (Å²) < 4.78 is 18.9. The zero-order valence-electron chi connectivity index (χ0n) is 14.7. The van der Waals surface area contributed by atoms with Crippen LogP contribution in [0, 0.1) is 5.82 Å². The third kappa shape index (κ3) is 6.31. The fraction of sp³-hybridized carbons (Fsp3) is 0.250. The molecule has 3 rings (SSSR count). The van der Waals surface area contributed by atoms with E-state index in [9.17, 15) is 4.39 Å². The molecule has 26 heavy (non-hydrogen) atoms. The van der Waals surface area contributed by atoms with E-state index in [0.717, 1.165) is 29.7 Å². The number of hydrogen-bond donors (Lipinski definition) is 2. The Labute approximate surface area is 152 Å². The van der Waals surface area contributed by atoms with Crippen molar-refractivity contribution in [2.24, 2.45) is 0 Å². The molecule has 0 spiro atoms. The minimum absolute atomic E-state index is 0.203. The number of carboxylic acid groups (broad SMARTS) is 1. The first kappa shape index (κ1) is 19.6. The number of nitrogens with one attached hydrogen (secondary N) is 1. The third-order valence-electron chi connectivity index (χ3n) is 3.81. The highest BCUT2D eigenvalue weighted by Crippen LogP contribution is 2.17. The first-order valence-electron chi connectivity index (χ1n) is 8.27. The molecule has 2 N–H and O–H groups in total. The van der Waals surface area contributed by atoms with Gasteiger partial charge in [0.25, 0.3) is 6.47 Å². The van der Waals surface area contributed by atoms with Crippen molar-refractivity contribution in [3.05, 3.63) is 71.7 Å². The average molecular weight is 358 g/mol. The highest BCUT2D eigenvalue weighted by Gasteiger charge is 2.05. The number of carbonyl (C=O) groups is 1. The topological polar surface area (TPSA) is 65.6 Å². The van der Waals surface area contributed by atoms with Crippen molar-refractivity contribution in [1.82, 2.24) is 9.88 Å². The van der Waals surface area contributed by atoms with Gasteiger partial charge >= 0.3 is 0 Å². The quantitative estimate of drug-likeness (QED) is 0.500. The van der Waals surface area contributed by atoms with Crippen LogP contribution in [0.1, 0.15) is 11.3 Å². The van der Waals surface area contributed by atoms with Gasteiger partial charge in [-0.2, -0.15) is 0 Å². The molecule has 0 fully saturated rings. The van der Waals surface area contributed by atoms with E-state index in [-0.39, 0.29) is 12.3 Å². The molecule has 0 bridgehead atoms. The summed E-state index contributed by atoms with van der Waals surface area (Å²) in [5.41, 5.74) is 3.24. The molecule has 0 aliphatic rings. The zero-order chi connectivity index (χ0) is 18.8. The number of halogens is 1. The van der Waals surface area contributed by atoms with Gasteiger partial charge in [-0.05, 0) is 36.9 Å². The molecule has 138 valence electrons. The summed E-state index contributed by atoms with van der Waals surface area (Å²) in [6.07, 6.45) is 0. The van der Waals surface area contributed by atoms with Crippen LogP contribution in [0.25, 0.3) is 10.9 Å². The molecule has 0 aliphatic heterocycles. The molecular formula is C20H23FN2O3. The predicted molar refractivity (Wildman–Crippen MR) is 99.4 cm³/mol. The van der Waals surface area contributed by atoms with Crippen molar-refractivity contribution >= 4 is 17.4 Å². The van der Waals surface area contributed by atoms with Crippen LogP contribution >= 0.6 is 0 Å². The van der Waals surface area contributed by atoms with Crippen LogP contribution in [-0.4, -0.2) is 41.7 Å². The second-order valence-corrected chi connectivity index (χ2v) is 5.91. The van der Waals surface area contributed by atoms with Gasteiger partial charge in [0.2, 0.25) is 0 Å². The molecule has 1 heterocycles. The summed E-state index contributed by atoms with van der Waals surface area (Å²) in [7, 11) is 2.05. The maximum atomic E-state index is 13.2. The van der Waals surface area contributed by atoms with Gasteiger partial charge in [0.05, 0.1) is 13.2 Å². The highest BCUT2D eigenvalue weighted by molar-refractivity contribution is 5.80. The van der Waals surface area contributed by atoms with E-state index in [0.29, 0.717) is 13.2 Å². The van der Waals surface area contributed by atoms with E-state index >= 15 is 0 Å². The molecule has 0 saturated carbocycles. The van der Waals surface area contributed by atoms with Gasteiger partial charge in [0.1, 0.15) is 5.82 Å². The van der Waals surface area contributed by atoms with Gasteiger partial charge in [-0.15, -0.1) is 0 Å². The van der Waals surface area contributed by atoms with E-state index in [1.54, 1.807) is 12.1 Å². The van der Waals surface area contributed by atoms with Crippen molar-refractivity contribution in [3.63, 3.8) is 0 Å². The first-order valence-corrected chi connectivity index (χ1v) is 8.27. The molecular weight excluding hydrogens is 335 g/mol. The number of aromatic amines is 1. The van der Waals surface area contributed by atoms with Crippen molar-refractivity contribution in [1.29, 1.82) is 0 Å². The number of aromatic nitrogens is 1. The Bertz CT molecular complexity index is 805. The maximum absolute atomic E-state index is 13.2. The third-order valence-corrected chi connectivity index (χ3v) is 3.81. The van der Waals surface area contributed by atoms with Gasteiger partial charge in [-0.1, -0.05) is 30.3 Å². The van der Waals surface area contributed by atoms with Gasteiger partial charge in [-0.25, -0.2) is 4.39 Å². The first-order chi connectivity index (χ1) is 12.6. The molecule has 0 saturated heterocycles. The van der Waals surface area contributed by atoms with Crippen LogP contribution in [0.4, 0.5) is 4.39 Å². The monoisotopic (exact) mass is 358 g/mol. The summed E-state index contributed by atoms with van der Waals surface area (Å²) in [6.45, 7) is 2.70. The molecule has 0 amide bonds. The van der Waals surface area contributed by atoms with Crippen molar-refractivity contribution in [2.45, 2.75) is 13.2 Å². The zero-order valence-corrected chi connectivity index (χ0v) is 14.7. The highest BCUT2D eigenvalue weighted by atomic mass is 19.1. The predicted octanol–water partition coefficient (Wildman–Crippen LogP) is 3.66. The standard InChI is InChI=1S/C19H21FN2O.CH2O2/c1-22(9-10-23-14-15-5-3-2-4-6-15)13-18-12-16-11-17(20)7-8-19(16)21-18;2-1-3/h2-8,11-12,21H,9-10,13-14H2,1H3;1H,(H,2,3). The number of fused-ring (bicyclic) bond motifs is 1. The van der Waals surface area contributed by atoms with Gasteiger partial charge < -0.3 is 14.8 Å². The second kappa shape index (κ2) is 10.3. The Hall–Kier alpha value is -2.70. The molecule has 5 nitrogen and oxygen atoms in total. The molecule has 0 atom stereocenters. The van der Waals surface area contributed by atoms with E-state index < -0.39 is 0 Å². The SMILES string of the molecule is CN(CCOCc1ccccc1)Cc1cc2cc(F)ccc2[nH]1.O=CO. The lowest BCUT2D eigenvalue weighted by Crippen LogP contribution is -2.22. The molecule has 3 aromatic rings. The summed E-state index contributed by atoms with van der Waals surface area (Å²) >= 11 is 0. The maximum Gasteiger partial charge on any atom is 0.290 e. The fourth-order valence-corrected chi connectivity index (χ4v) is 2.60. The lowest BCUT2D eigenvalue weighted by molar-refractivity contribution is -0.122. The van der Waals surface area contributed by atoms with Crippen LogP contribution in [-0.2, 0) is 22.7 Å². The smallest absolute Gasteiger partial charge is 0.290 e. The van der Waals surface area contributed by atoms with E-state index in [4.69, 9.17) is 14.6 Å². The van der Waals surface area contributed by atoms with Crippen molar-refractivity contribution in [2.75, 3.05) is 20.2 Å². The summed E-state index contributed by atoms with van der Waals surface area (Å²) in [5.74, 6) is -0.203. The lowest BCUT2D eigenvalue weighted by Gasteiger charge is -2.15. The second-order valence-electron chi connectivity index (χ2n) is 5.91. The van der Waals surface area contributed by atoms with E-state index in [2.05, 4.69) is 29.1 Å². The number of rotatable bonds is 7. The van der Waals surface area contributed by atoms with Crippen molar-refractivity contribution in [3.8, 4) is 0 Å². The van der Waals surface area contributed by atoms with E-state index in [1.165, 1.54) is 11.6 Å². The Balaban J connectivity index is 0.000000758. The summed E-state index contributed by atoms with van der Waals surface area (Å²) in [5, 5.41) is 7.80. The van der Waals surface area contributed by atoms with Crippen LogP contribution in [0.3, 0.4) is 0 Å². The summed E-state index contributed by atoms with van der Waals surface area (Å²) in [4.78, 5) is 13.9. The average Bonchev–Trinajstić information content (AvgIpc) is 3.01. The number of likely N-dealkylation sites (N-methyl/N-ethyl adjacent to an activating group) is 1. The lowest BCUT2D eigenvalue weighted by atomic mass is 10.2. The Morgan fingerprint density at radius 1 is 1.19 bits per heavy atom. The van der Waals surface area contributed by atoms with Crippen LogP contribution in [0.5, 0.6) is 0 Å². The molecule has 0 aliphatic carbocycles. The number of H-pyrrole nitrogens is 1. The van der Waals surface area contributed by atoms with E-state index in [1.807, 2.05) is 24.3 Å². The number of benzene rings is 2. The summed E-state index contributed by atoms with van der Waals surface area (Å²) in [6, 6.07) is 17.0. The number of ether oxygens (including phenoxy) is 1. The fourth-order valence-electron chi connectivity index (χ4n) is 2.60. The van der Waals surface area contributed by atoms with Crippen LogP contribution in [0.2, 0.25) is 0 Å². The largest absolute Gasteiger partial charge is 0.483 e. The molecule has 0 unspecified atom stereocenters. The number of hydrogen-bond acceptors (Lipinski definition) is 3. The minimum atomic E-state index is -0.250. The van der Waals surface area contributed by atoms with Gasteiger partial charge in [0.15, 0.2) is 0 Å². The Morgan fingerprint density at radius 2 is 1.92 bits per heavy atom. The normalized spacial score (nSPS) is 10.6. The van der Waals surface area contributed by atoms with Gasteiger partial charge in [0, 0.05) is 29.7 Å². The minimum Gasteiger partial charge on any atom is -0.483 e. The number of nitrogens with zero attached hydrogens (tertiary/aromatic N) is 1. The van der Waals surface area contributed by atoms with Crippen LogP contribution in [0.15, 0.2) is 54.6 Å². The molecule has 2 aromatic carbocycles. The van der Waals surface area contributed by atoms with Gasteiger partial charge in [-0.3, -0.25) is 9.69 Å². The van der Waals surface area contributed by atoms with Crippen molar-refractivity contribution < 1.29 is 19.0 Å². The Morgan fingerprint density at radius 3 is 2.65 bits per heavy atom. The molecule has 0 radical (unpaired) electrons. The van der Waals surface area contributed by atoms with Crippen LogP contribution < -0.4 is 0 Å². The Kier molecular flexibility index (Phi) is 7.79. The molecule has 1 aromatic heterocycles.